The Hall–Kier alpha value is -1.09. The van der Waals surface area contributed by atoms with Gasteiger partial charge in [-0.1, -0.05) is 18.3 Å². The quantitative estimate of drug-likeness (QED) is 0.472. The number of fused-ring (bicyclic) bond motifs is 1. The van der Waals surface area contributed by atoms with Crippen molar-refractivity contribution in [3.8, 4) is 0 Å². The molecule has 0 aromatic carbocycles. The first-order chi connectivity index (χ1) is 4.88. The summed E-state index contributed by atoms with van der Waals surface area (Å²) in [5.41, 5.74) is 1.60. The first-order valence-corrected chi connectivity index (χ1v) is 3.25. The van der Waals surface area contributed by atoms with Crippen LogP contribution in [0.5, 0.6) is 0 Å². The van der Waals surface area contributed by atoms with Crippen LogP contribution in [0.4, 0.5) is 0 Å². The molecule has 0 atom stereocenters. The average molecular weight is 147 g/mol. The lowest BCUT2D eigenvalue weighted by molar-refractivity contribution is 1.52. The van der Waals surface area contributed by atoms with E-state index in [4.69, 9.17) is 12.2 Å². The van der Waals surface area contributed by atoms with Crippen LogP contribution in [0.25, 0.3) is 0 Å². The Morgan fingerprint density at radius 1 is 1.50 bits per heavy atom. The van der Waals surface area contributed by atoms with E-state index in [0.29, 0.717) is 0 Å². The lowest BCUT2D eigenvalue weighted by Crippen LogP contribution is -2.10. The molecule has 1 aliphatic heterocycles. The van der Waals surface area contributed by atoms with Crippen LogP contribution in [0.1, 0.15) is 0 Å². The lowest BCUT2D eigenvalue weighted by atomic mass is 10.1. The molecule has 3 heteroatoms. The molecule has 47 valence electrons. The molecule has 10 heavy (non-hydrogen) atoms. The molecule has 0 fully saturated rings. The van der Waals surface area contributed by atoms with Crippen LogP contribution in [-0.2, 0) is 0 Å². The molecule has 1 heterocycles. The number of hydrogen-bond donors (Lipinski definition) is 0. The van der Waals surface area contributed by atoms with Gasteiger partial charge in [0.2, 0.25) is 0 Å². The molecule has 0 bridgehead atoms. The topological polar surface area (TPSA) is 24.7 Å². The fraction of sp³-hybridized carbons (Fsp3) is 0. The van der Waals surface area contributed by atoms with Gasteiger partial charge in [0.15, 0.2) is 6.34 Å². The predicted octanol–water partition coefficient (Wildman–Crippen LogP) is 1.17. The van der Waals surface area contributed by atoms with Gasteiger partial charge < -0.3 is 0 Å². The molecule has 0 unspecified atom stereocenters. The molecule has 0 N–H and O–H groups in total. The van der Waals surface area contributed by atoms with Crippen molar-refractivity contribution in [2.45, 2.75) is 0 Å². The van der Waals surface area contributed by atoms with Crippen molar-refractivity contribution < 1.29 is 0 Å². The van der Waals surface area contributed by atoms with E-state index >= 15 is 0 Å². The maximum Gasteiger partial charge on any atom is 0.199 e. The maximum atomic E-state index is 4.98. The zero-order valence-electron chi connectivity index (χ0n) is 5.03. The monoisotopic (exact) mass is 147 g/mol. The Kier molecular flexibility index (Phi) is 1.11. The van der Waals surface area contributed by atoms with Crippen LogP contribution in [0.2, 0.25) is 0 Å². The summed E-state index contributed by atoms with van der Waals surface area (Å²) in [4.78, 5) is 8.50. The zero-order chi connectivity index (χ0) is 6.97. The van der Waals surface area contributed by atoms with Crippen molar-refractivity contribution in [1.82, 2.24) is 0 Å². The Bertz CT molecular complexity index is 302. The average Bonchev–Trinajstić information content (AvgIpc) is 2.36. The fourth-order valence-corrected chi connectivity index (χ4v) is 1.07. The molecule has 0 aromatic rings. The Labute approximate surface area is 63.7 Å². The molecule has 0 spiro atoms. The molecule has 0 amide bonds. The summed E-state index contributed by atoms with van der Waals surface area (Å²) >= 11 is 4.98. The molecule has 0 aromatic heterocycles. The molecule has 2 rings (SSSR count). The second-order valence-corrected chi connectivity index (χ2v) is 2.39. The van der Waals surface area contributed by atoms with Crippen LogP contribution in [-0.4, -0.2) is 16.9 Å². The summed E-state index contributed by atoms with van der Waals surface area (Å²) in [5.74, 6) is 0. The Balaban J connectivity index is 2.54. The minimum atomic E-state index is 0.742. The van der Waals surface area contributed by atoms with Gasteiger partial charge in [-0.3, -0.25) is 0 Å². The molecule has 2 nitrogen and oxygen atoms in total. The van der Waals surface area contributed by atoms with E-state index < -0.39 is 0 Å². The highest BCUT2D eigenvalue weighted by molar-refractivity contribution is 7.82. The molecular formula is C7H3N2S. The van der Waals surface area contributed by atoms with E-state index in [0.717, 1.165) is 16.3 Å². The van der Waals surface area contributed by atoms with Crippen LogP contribution in [0, 0.1) is 0 Å². The van der Waals surface area contributed by atoms with Crippen molar-refractivity contribution in [3.05, 3.63) is 23.9 Å². The van der Waals surface area contributed by atoms with Crippen molar-refractivity contribution in [2.24, 2.45) is 9.98 Å². The first-order valence-electron chi connectivity index (χ1n) is 2.84. The number of thiocarbonyl (C=S) groups is 1. The third kappa shape index (κ3) is 0.675. The molecule has 1 aliphatic carbocycles. The smallest absolute Gasteiger partial charge is 0.199 e. The normalized spacial score (nSPS) is 20.6. The van der Waals surface area contributed by atoms with Gasteiger partial charge in [-0.05, 0) is 12.2 Å². The van der Waals surface area contributed by atoms with Crippen LogP contribution >= 0.6 is 12.2 Å². The van der Waals surface area contributed by atoms with E-state index in [1.165, 1.54) is 0 Å². The molecule has 1 radical (unpaired) electrons. The van der Waals surface area contributed by atoms with Crippen molar-refractivity contribution in [1.29, 1.82) is 0 Å². The largest absolute Gasteiger partial charge is 0.223 e. The zero-order valence-corrected chi connectivity index (χ0v) is 5.85. The number of nitrogens with zero attached hydrogens (tertiary/aromatic N) is 2. The third-order valence-electron chi connectivity index (χ3n) is 1.31. The van der Waals surface area contributed by atoms with Gasteiger partial charge in [-0.25, -0.2) is 9.98 Å². The Morgan fingerprint density at radius 3 is 3.20 bits per heavy atom. The summed E-state index contributed by atoms with van der Waals surface area (Å²) in [6.07, 6.45) is 8.08. The molecular weight excluding hydrogens is 144 g/mol. The van der Waals surface area contributed by atoms with E-state index in [-0.39, 0.29) is 0 Å². The van der Waals surface area contributed by atoms with Gasteiger partial charge in [0.25, 0.3) is 0 Å². The summed E-state index contributed by atoms with van der Waals surface area (Å²) in [6.45, 7) is 0. The SMILES string of the molecule is S=C1C=CC=C2N=[C]N=C12. The number of hydrogen-bond acceptors (Lipinski definition) is 3. The van der Waals surface area contributed by atoms with E-state index in [2.05, 4.69) is 16.3 Å². The summed E-state index contributed by atoms with van der Waals surface area (Å²) in [7, 11) is 0. The van der Waals surface area contributed by atoms with Crippen molar-refractivity contribution in [2.75, 3.05) is 0 Å². The van der Waals surface area contributed by atoms with E-state index in [1.807, 2.05) is 18.2 Å². The highest BCUT2D eigenvalue weighted by Crippen LogP contribution is 2.12. The molecule has 2 aliphatic rings. The maximum absolute atomic E-state index is 4.98. The van der Waals surface area contributed by atoms with E-state index in [1.54, 1.807) is 0 Å². The lowest BCUT2D eigenvalue weighted by Gasteiger charge is -2.01. The highest BCUT2D eigenvalue weighted by Gasteiger charge is 2.15. The highest BCUT2D eigenvalue weighted by atomic mass is 32.1. The van der Waals surface area contributed by atoms with Crippen molar-refractivity contribution in [3.63, 3.8) is 0 Å². The Morgan fingerprint density at radius 2 is 2.40 bits per heavy atom. The predicted molar refractivity (Wildman–Crippen MR) is 44.7 cm³/mol. The van der Waals surface area contributed by atoms with Gasteiger partial charge in [0, 0.05) is 0 Å². The first kappa shape index (κ1) is 5.68. The van der Waals surface area contributed by atoms with Crippen LogP contribution in [0.15, 0.2) is 33.9 Å². The van der Waals surface area contributed by atoms with Crippen molar-refractivity contribution >= 4 is 29.1 Å². The summed E-state index contributed by atoms with van der Waals surface area (Å²) < 4.78 is 0. The second kappa shape index (κ2) is 1.95. The summed E-state index contributed by atoms with van der Waals surface area (Å²) in [5, 5.41) is 0. The second-order valence-electron chi connectivity index (χ2n) is 1.95. The number of allylic oxidation sites excluding steroid dienone is 4. The third-order valence-corrected chi connectivity index (χ3v) is 1.64. The van der Waals surface area contributed by atoms with Gasteiger partial charge in [-0.2, -0.15) is 0 Å². The van der Waals surface area contributed by atoms with Gasteiger partial charge in [0.1, 0.15) is 5.71 Å². The van der Waals surface area contributed by atoms with Gasteiger partial charge in [-0.15, -0.1) is 0 Å². The van der Waals surface area contributed by atoms with Crippen LogP contribution < -0.4 is 0 Å². The summed E-state index contributed by atoms with van der Waals surface area (Å²) in [6, 6.07) is 0. The van der Waals surface area contributed by atoms with E-state index in [9.17, 15) is 0 Å². The number of rotatable bonds is 0. The van der Waals surface area contributed by atoms with Crippen LogP contribution in [0.3, 0.4) is 0 Å². The van der Waals surface area contributed by atoms with Gasteiger partial charge in [0.05, 0.1) is 10.6 Å². The molecule has 0 saturated heterocycles. The fourth-order valence-electron chi connectivity index (χ4n) is 0.842. The minimum Gasteiger partial charge on any atom is -0.223 e. The van der Waals surface area contributed by atoms with Gasteiger partial charge >= 0.3 is 0 Å². The number of aliphatic imine (C=N–C) groups is 2. The molecule has 0 saturated carbocycles. The minimum absolute atomic E-state index is 0.742. The standard InChI is InChI=1S/C7H3N2S/c10-6-3-1-2-5-7(6)9-4-8-5/h1-3H.